The van der Waals surface area contributed by atoms with Gasteiger partial charge in [-0.25, -0.2) is 0 Å². The maximum absolute atomic E-state index is 9.06. The summed E-state index contributed by atoms with van der Waals surface area (Å²) in [6, 6.07) is 5.72. The van der Waals surface area contributed by atoms with Gasteiger partial charge in [0.2, 0.25) is 0 Å². The van der Waals surface area contributed by atoms with Crippen molar-refractivity contribution in [3.05, 3.63) is 43.2 Å². The number of hydrogen-bond donors (Lipinski definition) is 1. The standard InChI is InChI=1S/C5H5N.C3H4O.C2H4O.H3N.H2/c1-2-4-6-5-3-1;1-2-3-4;1-2-3;;/h1-5H;2-3H,1H2;2H,1H3;1H3;1H. The van der Waals surface area contributed by atoms with Crippen LogP contribution in [0.5, 0.6) is 0 Å². The topological polar surface area (TPSA) is 82.0 Å². The van der Waals surface area contributed by atoms with Gasteiger partial charge in [-0.3, -0.25) is 9.78 Å². The molecule has 0 fully saturated rings. The molecule has 0 spiro atoms. The summed E-state index contributed by atoms with van der Waals surface area (Å²) in [5, 5.41) is 0. The fourth-order valence-electron chi connectivity index (χ4n) is 0.313. The molecule has 0 saturated heterocycles. The molecule has 0 aromatic carbocycles. The van der Waals surface area contributed by atoms with Gasteiger partial charge in [-0.05, 0) is 25.1 Å². The molecule has 1 aromatic heterocycles. The summed E-state index contributed by atoms with van der Waals surface area (Å²) >= 11 is 0. The summed E-state index contributed by atoms with van der Waals surface area (Å²) in [5.74, 6) is 0. The van der Waals surface area contributed by atoms with Crippen molar-refractivity contribution >= 4 is 12.6 Å². The average Bonchev–Trinajstić information content (AvgIpc) is 2.22. The van der Waals surface area contributed by atoms with Gasteiger partial charge in [0.05, 0.1) is 0 Å². The predicted molar refractivity (Wildman–Crippen MR) is 59.4 cm³/mol. The van der Waals surface area contributed by atoms with Gasteiger partial charge >= 0.3 is 0 Å². The Morgan fingerprint density at radius 3 is 1.64 bits per heavy atom. The number of carbonyl (C=O) groups excluding carboxylic acids is 2. The minimum absolute atomic E-state index is 0. The number of allylic oxidation sites excluding steroid dienone is 1. The molecule has 1 rings (SSSR count). The fraction of sp³-hybridized carbons (Fsp3) is 0.100. The monoisotopic (exact) mass is 198 g/mol. The first kappa shape index (κ1) is 18.1. The molecule has 0 bridgehead atoms. The minimum atomic E-state index is 0. The third kappa shape index (κ3) is 31.9. The van der Waals surface area contributed by atoms with Crippen LogP contribution in [-0.2, 0) is 9.59 Å². The van der Waals surface area contributed by atoms with E-state index in [-0.39, 0.29) is 7.58 Å². The van der Waals surface area contributed by atoms with Crippen LogP contribution in [0, 0.1) is 0 Å². The van der Waals surface area contributed by atoms with Crippen LogP contribution in [0.15, 0.2) is 43.2 Å². The molecule has 0 radical (unpaired) electrons. The molecule has 4 heteroatoms. The summed E-state index contributed by atoms with van der Waals surface area (Å²) in [5.41, 5.74) is 0. The molecule has 80 valence electrons. The van der Waals surface area contributed by atoms with Crippen LogP contribution in [0.2, 0.25) is 0 Å². The summed E-state index contributed by atoms with van der Waals surface area (Å²) in [6.45, 7) is 4.56. The van der Waals surface area contributed by atoms with E-state index in [2.05, 4.69) is 11.6 Å². The first-order chi connectivity index (χ1) is 6.33. The number of aldehydes is 2. The Bertz CT molecular complexity index is 185. The van der Waals surface area contributed by atoms with Crippen molar-refractivity contribution in [2.75, 3.05) is 0 Å². The van der Waals surface area contributed by atoms with E-state index in [1.54, 1.807) is 12.4 Å². The van der Waals surface area contributed by atoms with Crippen molar-refractivity contribution in [1.82, 2.24) is 11.1 Å². The SMILES string of the molecule is C=CC=O.CC=O.N.[HH].c1ccncc1. The van der Waals surface area contributed by atoms with Crippen molar-refractivity contribution < 1.29 is 11.0 Å². The number of pyridine rings is 1. The van der Waals surface area contributed by atoms with Gasteiger partial charge in [0, 0.05) is 13.8 Å². The number of nitrogens with zero attached hydrogens (tertiary/aromatic N) is 1. The molecule has 1 aromatic rings. The molecular formula is C10H18N2O2. The first-order valence-electron chi connectivity index (χ1n) is 3.64. The highest BCUT2D eigenvalue weighted by Gasteiger charge is 1.58. The van der Waals surface area contributed by atoms with Crippen LogP contribution in [-0.4, -0.2) is 17.6 Å². The van der Waals surface area contributed by atoms with Crippen LogP contribution in [0.25, 0.3) is 0 Å². The van der Waals surface area contributed by atoms with E-state index < -0.39 is 0 Å². The highest BCUT2D eigenvalue weighted by Crippen LogP contribution is 1.73. The number of carbonyl (C=O) groups is 2. The zero-order valence-corrected chi connectivity index (χ0v) is 8.30. The molecule has 0 atom stereocenters. The van der Waals surface area contributed by atoms with Crippen LogP contribution in [0.4, 0.5) is 0 Å². The largest absolute Gasteiger partial charge is 0.344 e. The zero-order chi connectivity index (χ0) is 10.4. The van der Waals surface area contributed by atoms with Gasteiger partial charge in [0.25, 0.3) is 0 Å². The quantitative estimate of drug-likeness (QED) is 0.553. The Kier molecular flexibility index (Phi) is 29.0. The summed E-state index contributed by atoms with van der Waals surface area (Å²) in [7, 11) is 0. The molecule has 14 heavy (non-hydrogen) atoms. The Hall–Kier alpha value is -1.81. The lowest BCUT2D eigenvalue weighted by Gasteiger charge is -1.70. The third-order valence-electron chi connectivity index (χ3n) is 0.663. The van der Waals surface area contributed by atoms with Crippen LogP contribution in [0.1, 0.15) is 8.35 Å². The Morgan fingerprint density at radius 1 is 1.21 bits per heavy atom. The molecule has 4 nitrogen and oxygen atoms in total. The number of rotatable bonds is 1. The molecular weight excluding hydrogens is 180 g/mol. The molecule has 0 aliphatic rings. The van der Waals surface area contributed by atoms with E-state index in [4.69, 9.17) is 9.59 Å². The Morgan fingerprint density at radius 2 is 1.57 bits per heavy atom. The lowest BCUT2D eigenvalue weighted by atomic mass is 10.5. The molecule has 0 aliphatic carbocycles. The van der Waals surface area contributed by atoms with Crippen LogP contribution in [0.3, 0.4) is 0 Å². The van der Waals surface area contributed by atoms with Gasteiger partial charge in [-0.15, -0.1) is 0 Å². The van der Waals surface area contributed by atoms with E-state index in [9.17, 15) is 0 Å². The smallest absolute Gasteiger partial charge is 0.142 e. The normalized spacial score (nSPS) is 5.79. The van der Waals surface area contributed by atoms with Gasteiger partial charge < -0.3 is 10.9 Å². The lowest BCUT2D eigenvalue weighted by Crippen LogP contribution is -1.58. The summed E-state index contributed by atoms with van der Waals surface area (Å²) in [6.07, 6.45) is 6.08. The van der Waals surface area contributed by atoms with Crippen LogP contribution >= 0.6 is 0 Å². The van der Waals surface area contributed by atoms with Crippen molar-refractivity contribution in [3.63, 3.8) is 0 Å². The van der Waals surface area contributed by atoms with E-state index in [1.165, 1.54) is 13.0 Å². The maximum atomic E-state index is 9.06. The lowest BCUT2D eigenvalue weighted by molar-refractivity contribution is -0.106. The number of aromatic nitrogens is 1. The fourth-order valence-corrected chi connectivity index (χ4v) is 0.313. The highest BCUT2D eigenvalue weighted by molar-refractivity contribution is 5.63. The molecule has 0 unspecified atom stereocenters. The van der Waals surface area contributed by atoms with E-state index in [0.29, 0.717) is 6.29 Å². The third-order valence-corrected chi connectivity index (χ3v) is 0.663. The van der Waals surface area contributed by atoms with E-state index >= 15 is 0 Å². The van der Waals surface area contributed by atoms with Crippen molar-refractivity contribution in [2.24, 2.45) is 0 Å². The van der Waals surface area contributed by atoms with Gasteiger partial charge in [0.1, 0.15) is 12.6 Å². The molecule has 1 heterocycles. The first-order valence-corrected chi connectivity index (χ1v) is 3.64. The maximum Gasteiger partial charge on any atom is 0.142 e. The van der Waals surface area contributed by atoms with Gasteiger partial charge in [-0.2, -0.15) is 0 Å². The Balaban J connectivity index is -0.0000000608. The Labute approximate surface area is 85.7 Å². The van der Waals surface area contributed by atoms with Crippen molar-refractivity contribution in [2.45, 2.75) is 6.92 Å². The van der Waals surface area contributed by atoms with Gasteiger partial charge in [-0.1, -0.05) is 12.6 Å². The molecule has 3 N–H and O–H groups in total. The average molecular weight is 198 g/mol. The zero-order valence-electron chi connectivity index (χ0n) is 8.30. The highest BCUT2D eigenvalue weighted by atomic mass is 16.1. The van der Waals surface area contributed by atoms with Gasteiger partial charge in [0.15, 0.2) is 0 Å². The number of hydrogen-bond acceptors (Lipinski definition) is 4. The summed E-state index contributed by atoms with van der Waals surface area (Å²) < 4.78 is 0. The summed E-state index contributed by atoms with van der Waals surface area (Å²) in [4.78, 5) is 21.6. The van der Waals surface area contributed by atoms with E-state index in [0.717, 1.165) is 6.29 Å². The second kappa shape index (κ2) is 22.5. The predicted octanol–water partition coefficient (Wildman–Crippen LogP) is 2.07. The molecule has 0 amide bonds. The van der Waals surface area contributed by atoms with Crippen molar-refractivity contribution in [1.29, 1.82) is 0 Å². The van der Waals surface area contributed by atoms with E-state index in [1.807, 2.05) is 18.2 Å². The molecule has 0 aliphatic heterocycles. The molecule has 0 saturated carbocycles. The van der Waals surface area contributed by atoms with Crippen LogP contribution < -0.4 is 6.15 Å². The van der Waals surface area contributed by atoms with Crippen molar-refractivity contribution in [3.8, 4) is 0 Å². The second-order valence-corrected chi connectivity index (χ2v) is 1.63. The second-order valence-electron chi connectivity index (χ2n) is 1.63. The minimum Gasteiger partial charge on any atom is -0.344 e.